The lowest BCUT2D eigenvalue weighted by Gasteiger charge is -2.40. The van der Waals surface area contributed by atoms with Crippen molar-refractivity contribution in [3.8, 4) is 0 Å². The molecule has 2 rings (SSSR count). The highest BCUT2D eigenvalue weighted by Crippen LogP contribution is 2.21. The number of carbonyl (C=O) groups excluding carboxylic acids is 2. The number of methoxy groups -OCH3 is 1. The molecule has 114 valence electrons. The lowest BCUT2D eigenvalue weighted by Crippen LogP contribution is -2.61. The van der Waals surface area contributed by atoms with Crippen molar-refractivity contribution < 1.29 is 19.1 Å². The predicted octanol–water partition coefficient (Wildman–Crippen LogP) is -1.19. The van der Waals surface area contributed by atoms with Crippen molar-refractivity contribution in [2.24, 2.45) is 5.73 Å². The molecule has 2 aliphatic rings. The molecule has 0 aromatic heterocycles. The first-order valence-corrected chi connectivity index (χ1v) is 6.99. The number of nitrogens with zero attached hydrogens (tertiary/aromatic N) is 2. The SMILES string of the molecule is COCC(=O)N1CCN(C(=O)C2(N)CCOCC2)CC1. The Morgan fingerprint density at radius 2 is 1.70 bits per heavy atom. The summed E-state index contributed by atoms with van der Waals surface area (Å²) in [6, 6.07) is 0. The minimum absolute atomic E-state index is 0.0142. The highest BCUT2D eigenvalue weighted by molar-refractivity contribution is 5.86. The van der Waals surface area contributed by atoms with Gasteiger partial charge in [0.15, 0.2) is 0 Å². The van der Waals surface area contributed by atoms with Crippen LogP contribution in [-0.4, -0.2) is 80.3 Å². The lowest BCUT2D eigenvalue weighted by molar-refractivity contribution is -0.146. The van der Waals surface area contributed by atoms with E-state index in [1.807, 2.05) is 0 Å². The van der Waals surface area contributed by atoms with Gasteiger partial charge in [-0.25, -0.2) is 0 Å². The van der Waals surface area contributed by atoms with E-state index in [2.05, 4.69) is 0 Å². The fourth-order valence-corrected chi connectivity index (χ4v) is 2.64. The first-order valence-electron chi connectivity index (χ1n) is 6.99. The quantitative estimate of drug-likeness (QED) is 0.705. The normalized spacial score (nSPS) is 22.7. The summed E-state index contributed by atoms with van der Waals surface area (Å²) < 4.78 is 10.1. The highest BCUT2D eigenvalue weighted by atomic mass is 16.5. The maximum absolute atomic E-state index is 12.5. The minimum atomic E-state index is -0.795. The summed E-state index contributed by atoms with van der Waals surface area (Å²) in [7, 11) is 1.50. The summed E-state index contributed by atoms with van der Waals surface area (Å²) in [6.45, 7) is 3.32. The van der Waals surface area contributed by atoms with Crippen molar-refractivity contribution in [1.82, 2.24) is 9.80 Å². The number of nitrogens with two attached hydrogens (primary N) is 1. The zero-order valence-corrected chi connectivity index (χ0v) is 12.0. The van der Waals surface area contributed by atoms with Gasteiger partial charge in [0.05, 0.1) is 5.54 Å². The molecule has 7 nitrogen and oxygen atoms in total. The fourth-order valence-electron chi connectivity index (χ4n) is 2.64. The van der Waals surface area contributed by atoms with Gasteiger partial charge in [-0.3, -0.25) is 9.59 Å². The van der Waals surface area contributed by atoms with E-state index < -0.39 is 5.54 Å². The van der Waals surface area contributed by atoms with Crippen LogP contribution in [0.2, 0.25) is 0 Å². The van der Waals surface area contributed by atoms with Gasteiger partial charge in [0, 0.05) is 46.5 Å². The van der Waals surface area contributed by atoms with Gasteiger partial charge < -0.3 is 25.0 Å². The molecule has 0 aliphatic carbocycles. The molecule has 2 N–H and O–H groups in total. The van der Waals surface area contributed by atoms with E-state index >= 15 is 0 Å². The number of hydrogen-bond acceptors (Lipinski definition) is 5. The smallest absolute Gasteiger partial charge is 0.248 e. The number of carbonyl (C=O) groups is 2. The van der Waals surface area contributed by atoms with Crippen LogP contribution in [0.5, 0.6) is 0 Å². The Bertz CT molecular complexity index is 361. The van der Waals surface area contributed by atoms with E-state index in [0.717, 1.165) is 0 Å². The molecule has 2 saturated heterocycles. The summed E-state index contributed by atoms with van der Waals surface area (Å²) in [5.74, 6) is -0.0484. The second-order valence-corrected chi connectivity index (χ2v) is 5.37. The molecule has 0 aromatic rings. The van der Waals surface area contributed by atoms with Crippen molar-refractivity contribution in [2.45, 2.75) is 18.4 Å². The van der Waals surface area contributed by atoms with Gasteiger partial charge in [-0.1, -0.05) is 0 Å². The maximum Gasteiger partial charge on any atom is 0.248 e. The van der Waals surface area contributed by atoms with Crippen LogP contribution in [-0.2, 0) is 19.1 Å². The number of hydrogen-bond donors (Lipinski definition) is 1. The molecule has 20 heavy (non-hydrogen) atoms. The van der Waals surface area contributed by atoms with Gasteiger partial charge in [0.2, 0.25) is 11.8 Å². The fraction of sp³-hybridized carbons (Fsp3) is 0.846. The largest absolute Gasteiger partial charge is 0.381 e. The van der Waals surface area contributed by atoms with Gasteiger partial charge in [-0.15, -0.1) is 0 Å². The van der Waals surface area contributed by atoms with E-state index in [0.29, 0.717) is 52.2 Å². The van der Waals surface area contributed by atoms with E-state index in [1.165, 1.54) is 7.11 Å². The van der Waals surface area contributed by atoms with Crippen LogP contribution in [0.1, 0.15) is 12.8 Å². The summed E-state index contributed by atoms with van der Waals surface area (Å²) in [5.41, 5.74) is 5.41. The van der Waals surface area contributed by atoms with Crippen molar-refractivity contribution in [3.63, 3.8) is 0 Å². The molecular formula is C13H23N3O4. The standard InChI is InChI=1S/C13H23N3O4/c1-19-10-11(17)15-4-6-16(7-5-15)12(18)13(14)2-8-20-9-3-13/h2-10,14H2,1H3. The summed E-state index contributed by atoms with van der Waals surface area (Å²) in [6.07, 6.45) is 1.13. The Morgan fingerprint density at radius 1 is 1.15 bits per heavy atom. The van der Waals surface area contributed by atoms with Gasteiger partial charge >= 0.3 is 0 Å². The second-order valence-electron chi connectivity index (χ2n) is 5.37. The molecule has 0 bridgehead atoms. The van der Waals surface area contributed by atoms with Crippen LogP contribution in [0.15, 0.2) is 0 Å². The molecular weight excluding hydrogens is 262 g/mol. The molecule has 2 fully saturated rings. The predicted molar refractivity (Wildman–Crippen MR) is 72.0 cm³/mol. The monoisotopic (exact) mass is 285 g/mol. The molecule has 0 radical (unpaired) electrons. The third-order valence-corrected chi connectivity index (χ3v) is 4.00. The zero-order chi connectivity index (χ0) is 14.6. The molecule has 0 saturated carbocycles. The van der Waals surface area contributed by atoms with Gasteiger partial charge in [-0.05, 0) is 12.8 Å². The van der Waals surface area contributed by atoms with Crippen molar-refractivity contribution in [1.29, 1.82) is 0 Å². The first kappa shape index (κ1) is 15.2. The Kier molecular flexibility index (Phi) is 4.95. The van der Waals surface area contributed by atoms with Crippen LogP contribution >= 0.6 is 0 Å². The Morgan fingerprint density at radius 3 is 2.25 bits per heavy atom. The van der Waals surface area contributed by atoms with Crippen LogP contribution in [0.4, 0.5) is 0 Å². The van der Waals surface area contributed by atoms with Crippen LogP contribution in [0.3, 0.4) is 0 Å². The molecule has 0 aromatic carbocycles. The van der Waals surface area contributed by atoms with E-state index in [9.17, 15) is 9.59 Å². The van der Waals surface area contributed by atoms with Gasteiger partial charge in [0.25, 0.3) is 0 Å². The van der Waals surface area contributed by atoms with E-state index in [-0.39, 0.29) is 18.4 Å². The molecule has 0 unspecified atom stereocenters. The third kappa shape index (κ3) is 3.28. The molecule has 2 amide bonds. The molecule has 7 heteroatoms. The zero-order valence-electron chi connectivity index (χ0n) is 12.0. The number of piperazine rings is 1. The van der Waals surface area contributed by atoms with Crippen LogP contribution < -0.4 is 5.73 Å². The summed E-state index contributed by atoms with van der Waals surface area (Å²) in [4.78, 5) is 27.7. The third-order valence-electron chi connectivity index (χ3n) is 4.00. The van der Waals surface area contributed by atoms with Crippen LogP contribution in [0.25, 0.3) is 0 Å². The summed E-state index contributed by atoms with van der Waals surface area (Å²) in [5, 5.41) is 0. The van der Waals surface area contributed by atoms with Crippen molar-refractivity contribution >= 4 is 11.8 Å². The number of rotatable bonds is 3. The molecule has 2 heterocycles. The number of amides is 2. The first-order chi connectivity index (χ1) is 9.57. The minimum Gasteiger partial charge on any atom is -0.381 e. The topological polar surface area (TPSA) is 85.1 Å². The van der Waals surface area contributed by atoms with Gasteiger partial charge in [-0.2, -0.15) is 0 Å². The van der Waals surface area contributed by atoms with Crippen LogP contribution in [0, 0.1) is 0 Å². The lowest BCUT2D eigenvalue weighted by atomic mass is 9.89. The Balaban J connectivity index is 1.87. The average Bonchev–Trinajstić information content (AvgIpc) is 2.48. The van der Waals surface area contributed by atoms with E-state index in [4.69, 9.17) is 15.2 Å². The molecule has 0 atom stereocenters. The van der Waals surface area contributed by atoms with E-state index in [1.54, 1.807) is 9.80 Å². The summed E-state index contributed by atoms with van der Waals surface area (Å²) >= 11 is 0. The average molecular weight is 285 g/mol. The maximum atomic E-state index is 12.5. The number of ether oxygens (including phenoxy) is 2. The van der Waals surface area contributed by atoms with Gasteiger partial charge in [0.1, 0.15) is 6.61 Å². The van der Waals surface area contributed by atoms with Crippen molar-refractivity contribution in [3.05, 3.63) is 0 Å². The van der Waals surface area contributed by atoms with Crippen molar-refractivity contribution in [2.75, 3.05) is 53.1 Å². The molecule has 2 aliphatic heterocycles. The highest BCUT2D eigenvalue weighted by Gasteiger charge is 2.39. The Labute approximate surface area is 119 Å². The second kappa shape index (κ2) is 6.51. The Hall–Kier alpha value is -1.18. The molecule has 0 spiro atoms.